The van der Waals surface area contributed by atoms with Gasteiger partial charge in [-0.1, -0.05) is 35.9 Å². The van der Waals surface area contributed by atoms with E-state index in [2.05, 4.69) is 4.98 Å². The third kappa shape index (κ3) is 4.07. The minimum Gasteiger partial charge on any atom is -0.507 e. The van der Waals surface area contributed by atoms with Crippen LogP contribution in [-0.2, 0) is 16.1 Å². The molecule has 0 aliphatic carbocycles. The quantitative estimate of drug-likeness (QED) is 0.334. The van der Waals surface area contributed by atoms with Crippen molar-refractivity contribution in [3.63, 3.8) is 0 Å². The number of aliphatic hydroxyl groups excluding tert-OH is 1. The van der Waals surface area contributed by atoms with Crippen LogP contribution >= 0.6 is 0 Å². The molecule has 1 fully saturated rings. The molecule has 0 spiro atoms. The zero-order valence-electron chi connectivity index (χ0n) is 20.0. The maximum atomic E-state index is 13.4. The second-order valence-corrected chi connectivity index (χ2v) is 8.81. The summed E-state index contributed by atoms with van der Waals surface area (Å²) in [6.07, 6.45) is 3.26. The van der Waals surface area contributed by atoms with Crippen molar-refractivity contribution in [2.24, 2.45) is 0 Å². The van der Waals surface area contributed by atoms with Gasteiger partial charge in [0, 0.05) is 18.9 Å². The summed E-state index contributed by atoms with van der Waals surface area (Å²) in [6.45, 7) is 7.98. The Kier molecular flexibility index (Phi) is 6.24. The second kappa shape index (κ2) is 9.14. The predicted molar refractivity (Wildman–Crippen MR) is 130 cm³/mol. The number of hydrogen-bond donors (Lipinski definition) is 1. The average Bonchev–Trinajstić information content (AvgIpc) is 3.06. The second-order valence-electron chi connectivity index (χ2n) is 8.81. The first-order valence-electron chi connectivity index (χ1n) is 11.1. The normalized spacial score (nSPS) is 17.3. The third-order valence-corrected chi connectivity index (χ3v) is 6.26. The highest BCUT2D eigenvalue weighted by molar-refractivity contribution is 6.46. The van der Waals surface area contributed by atoms with Gasteiger partial charge in [-0.3, -0.25) is 14.6 Å². The number of carbonyl (C=O) groups is 2. The first kappa shape index (κ1) is 23.2. The fourth-order valence-electron chi connectivity index (χ4n) is 4.63. The van der Waals surface area contributed by atoms with Crippen LogP contribution in [0.25, 0.3) is 5.76 Å². The van der Waals surface area contributed by atoms with Gasteiger partial charge in [0.15, 0.2) is 0 Å². The third-order valence-electron chi connectivity index (χ3n) is 6.26. The molecule has 174 valence electrons. The number of benzene rings is 2. The number of amides is 1. The number of pyridine rings is 1. The van der Waals surface area contributed by atoms with E-state index in [0.717, 1.165) is 27.8 Å². The molecule has 0 radical (unpaired) electrons. The van der Waals surface area contributed by atoms with Crippen LogP contribution in [0.1, 0.15) is 45.0 Å². The standard InChI is InChI=1S/C28H28N2O4/c1-16-8-9-18(3)21(12-16)15-30-24(20-7-6-10-29-14-20)23(26(32)28(30)33)25(31)22-13-17(2)11-19(4)27(22)34-5/h6-14,24,31H,15H2,1-5H3/b25-23+. The summed E-state index contributed by atoms with van der Waals surface area (Å²) in [7, 11) is 1.52. The van der Waals surface area contributed by atoms with Crippen molar-refractivity contribution in [3.8, 4) is 5.75 Å². The zero-order chi connectivity index (χ0) is 24.6. The Labute approximate surface area is 199 Å². The van der Waals surface area contributed by atoms with E-state index >= 15 is 0 Å². The molecular formula is C28H28N2O4. The lowest BCUT2D eigenvalue weighted by Crippen LogP contribution is -2.29. The summed E-state index contributed by atoms with van der Waals surface area (Å²) in [5, 5.41) is 11.5. The molecule has 1 aliphatic heterocycles. The van der Waals surface area contributed by atoms with Gasteiger partial charge >= 0.3 is 0 Å². The van der Waals surface area contributed by atoms with Gasteiger partial charge in [-0.25, -0.2) is 0 Å². The predicted octanol–water partition coefficient (Wildman–Crippen LogP) is 4.95. The Morgan fingerprint density at radius 2 is 1.79 bits per heavy atom. The molecule has 2 heterocycles. The lowest BCUT2D eigenvalue weighted by Gasteiger charge is -2.26. The Hall–Kier alpha value is -3.93. The Balaban J connectivity index is 1.93. The van der Waals surface area contributed by atoms with Crippen molar-refractivity contribution in [1.82, 2.24) is 9.88 Å². The molecular weight excluding hydrogens is 428 g/mol. The zero-order valence-corrected chi connectivity index (χ0v) is 20.0. The summed E-state index contributed by atoms with van der Waals surface area (Å²) in [5.41, 5.74) is 5.83. The molecule has 1 aromatic heterocycles. The Bertz CT molecular complexity index is 1310. The van der Waals surface area contributed by atoms with Gasteiger partial charge in [0.1, 0.15) is 11.5 Å². The van der Waals surface area contributed by atoms with Crippen molar-refractivity contribution >= 4 is 17.4 Å². The molecule has 1 saturated heterocycles. The Morgan fingerprint density at radius 3 is 2.47 bits per heavy atom. The molecule has 34 heavy (non-hydrogen) atoms. The van der Waals surface area contributed by atoms with Crippen LogP contribution in [0.3, 0.4) is 0 Å². The van der Waals surface area contributed by atoms with Crippen molar-refractivity contribution in [2.75, 3.05) is 7.11 Å². The van der Waals surface area contributed by atoms with Crippen LogP contribution in [0, 0.1) is 27.7 Å². The molecule has 6 nitrogen and oxygen atoms in total. The minimum absolute atomic E-state index is 0.0339. The fraction of sp³-hybridized carbons (Fsp3) is 0.250. The van der Waals surface area contributed by atoms with Gasteiger partial charge in [-0.05, 0) is 67.6 Å². The maximum Gasteiger partial charge on any atom is 0.295 e. The molecule has 6 heteroatoms. The first-order valence-corrected chi connectivity index (χ1v) is 11.1. The summed E-state index contributed by atoms with van der Waals surface area (Å²) >= 11 is 0. The molecule has 1 N–H and O–H groups in total. The van der Waals surface area contributed by atoms with E-state index in [1.54, 1.807) is 24.5 Å². The average molecular weight is 457 g/mol. The SMILES string of the molecule is COc1c(C)cc(C)cc1/C(O)=C1\C(=O)C(=O)N(Cc2cc(C)ccc2C)C1c1cccnc1. The molecule has 0 saturated carbocycles. The van der Waals surface area contributed by atoms with Crippen molar-refractivity contribution in [2.45, 2.75) is 40.3 Å². The van der Waals surface area contributed by atoms with E-state index in [4.69, 9.17) is 4.74 Å². The molecule has 4 rings (SSSR count). The number of aliphatic hydroxyl groups is 1. The Morgan fingerprint density at radius 1 is 1.03 bits per heavy atom. The summed E-state index contributed by atoms with van der Waals surface area (Å²) < 4.78 is 5.55. The largest absolute Gasteiger partial charge is 0.507 e. The highest BCUT2D eigenvalue weighted by Crippen LogP contribution is 2.42. The summed E-state index contributed by atoms with van der Waals surface area (Å²) in [6, 6.07) is 12.5. The van der Waals surface area contributed by atoms with Crippen LogP contribution in [0.4, 0.5) is 0 Å². The van der Waals surface area contributed by atoms with E-state index in [0.29, 0.717) is 16.9 Å². The smallest absolute Gasteiger partial charge is 0.295 e. The number of aryl methyl sites for hydroxylation is 4. The van der Waals surface area contributed by atoms with Crippen LogP contribution in [-0.4, -0.2) is 33.8 Å². The highest BCUT2D eigenvalue weighted by Gasteiger charge is 2.46. The fourth-order valence-corrected chi connectivity index (χ4v) is 4.63. The van der Waals surface area contributed by atoms with Crippen molar-refractivity contribution in [1.29, 1.82) is 0 Å². The minimum atomic E-state index is -0.779. The molecule has 1 amide bonds. The number of aromatic nitrogens is 1. The van der Waals surface area contributed by atoms with E-state index in [1.165, 1.54) is 12.0 Å². The van der Waals surface area contributed by atoms with Crippen LogP contribution in [0.5, 0.6) is 5.75 Å². The van der Waals surface area contributed by atoms with E-state index in [1.807, 2.05) is 58.0 Å². The number of rotatable bonds is 5. The molecule has 1 aliphatic rings. The number of ether oxygens (including phenoxy) is 1. The number of nitrogens with zero attached hydrogens (tertiary/aromatic N) is 2. The first-order chi connectivity index (χ1) is 16.2. The summed E-state index contributed by atoms with van der Waals surface area (Å²) in [5.74, 6) is -1.16. The number of ketones is 1. The molecule has 3 aromatic rings. The van der Waals surface area contributed by atoms with Gasteiger partial charge in [0.2, 0.25) is 0 Å². The van der Waals surface area contributed by atoms with Crippen molar-refractivity contribution < 1.29 is 19.4 Å². The monoisotopic (exact) mass is 456 g/mol. The van der Waals surface area contributed by atoms with E-state index in [9.17, 15) is 14.7 Å². The number of methoxy groups -OCH3 is 1. The van der Waals surface area contributed by atoms with Gasteiger partial charge in [0.25, 0.3) is 11.7 Å². The van der Waals surface area contributed by atoms with E-state index < -0.39 is 17.7 Å². The molecule has 1 unspecified atom stereocenters. The number of likely N-dealkylation sites (tertiary alicyclic amines) is 1. The lowest BCUT2D eigenvalue weighted by atomic mass is 9.94. The molecule has 1 atom stereocenters. The van der Waals surface area contributed by atoms with Gasteiger partial charge in [-0.2, -0.15) is 0 Å². The lowest BCUT2D eigenvalue weighted by molar-refractivity contribution is -0.140. The number of hydrogen-bond acceptors (Lipinski definition) is 5. The van der Waals surface area contributed by atoms with Crippen LogP contribution in [0.15, 0.2) is 60.4 Å². The number of carbonyl (C=O) groups excluding carboxylic acids is 2. The van der Waals surface area contributed by atoms with Crippen molar-refractivity contribution in [3.05, 3.63) is 99.4 Å². The van der Waals surface area contributed by atoms with Gasteiger partial charge < -0.3 is 14.7 Å². The summed E-state index contributed by atoms with van der Waals surface area (Å²) in [4.78, 5) is 32.4. The van der Waals surface area contributed by atoms with Crippen LogP contribution in [0.2, 0.25) is 0 Å². The maximum absolute atomic E-state index is 13.4. The van der Waals surface area contributed by atoms with Crippen LogP contribution < -0.4 is 4.74 Å². The number of Topliss-reactive ketones (excluding diaryl/α,β-unsaturated/α-hetero) is 1. The van der Waals surface area contributed by atoms with Gasteiger partial charge in [-0.15, -0.1) is 0 Å². The topological polar surface area (TPSA) is 79.7 Å². The van der Waals surface area contributed by atoms with E-state index in [-0.39, 0.29) is 17.9 Å². The highest BCUT2D eigenvalue weighted by atomic mass is 16.5. The molecule has 2 aromatic carbocycles. The molecule has 0 bridgehead atoms. The van der Waals surface area contributed by atoms with Gasteiger partial charge in [0.05, 0.1) is 24.3 Å².